The molecule has 2 heterocycles. The number of hydrogen-bond acceptors (Lipinski definition) is 4. The third-order valence-electron chi connectivity index (χ3n) is 4.19. The lowest BCUT2D eigenvalue weighted by Crippen LogP contribution is -2.45. The van der Waals surface area contributed by atoms with Crippen LogP contribution in [-0.4, -0.2) is 42.0 Å². The maximum Gasteiger partial charge on any atom is 0.327 e. The fourth-order valence-corrected chi connectivity index (χ4v) is 2.96. The molecular weight excluding hydrogens is 280 g/mol. The number of pyridine rings is 1. The summed E-state index contributed by atoms with van der Waals surface area (Å²) in [4.78, 5) is 31.3. The molecule has 5 heteroatoms. The van der Waals surface area contributed by atoms with Gasteiger partial charge in [-0.3, -0.25) is 14.6 Å². The number of fused-ring (bicyclic) bond motifs is 1. The van der Waals surface area contributed by atoms with E-state index in [-0.39, 0.29) is 12.5 Å². The van der Waals surface area contributed by atoms with Crippen LogP contribution in [0.1, 0.15) is 19.0 Å². The molecule has 0 spiro atoms. The van der Waals surface area contributed by atoms with E-state index < -0.39 is 11.4 Å². The van der Waals surface area contributed by atoms with Crippen molar-refractivity contribution in [2.24, 2.45) is 0 Å². The zero-order valence-corrected chi connectivity index (χ0v) is 12.7. The van der Waals surface area contributed by atoms with Gasteiger partial charge < -0.3 is 9.64 Å². The summed E-state index contributed by atoms with van der Waals surface area (Å²) >= 11 is 0. The van der Waals surface area contributed by atoms with Gasteiger partial charge in [0.05, 0.1) is 17.8 Å². The van der Waals surface area contributed by atoms with E-state index >= 15 is 0 Å². The molecule has 3 rings (SSSR count). The number of likely N-dealkylation sites (N-methyl/N-ethyl adjacent to an activating group) is 1. The second-order valence-electron chi connectivity index (χ2n) is 5.49. The van der Waals surface area contributed by atoms with Gasteiger partial charge in [0.15, 0.2) is 5.41 Å². The first-order valence-corrected chi connectivity index (χ1v) is 7.38. The Balaban J connectivity index is 2.16. The molecule has 1 aliphatic heterocycles. The minimum atomic E-state index is -1.31. The number of nitrogens with zero attached hydrogens (tertiary/aromatic N) is 2. The van der Waals surface area contributed by atoms with Crippen LogP contribution in [0.15, 0.2) is 36.4 Å². The Hall–Kier alpha value is -2.43. The zero-order valence-electron chi connectivity index (χ0n) is 12.7. The summed E-state index contributed by atoms with van der Waals surface area (Å²) in [5.74, 6) is -0.749. The first-order valence-electron chi connectivity index (χ1n) is 7.38. The van der Waals surface area contributed by atoms with E-state index in [2.05, 4.69) is 4.98 Å². The Kier molecular flexibility index (Phi) is 3.56. The lowest BCUT2D eigenvalue weighted by molar-refractivity contribution is -0.155. The van der Waals surface area contributed by atoms with Crippen molar-refractivity contribution in [2.75, 3.05) is 20.2 Å². The van der Waals surface area contributed by atoms with Crippen LogP contribution in [0.3, 0.4) is 0 Å². The van der Waals surface area contributed by atoms with Gasteiger partial charge in [0.1, 0.15) is 0 Å². The third-order valence-corrected chi connectivity index (χ3v) is 4.19. The molecule has 0 N–H and O–H groups in total. The smallest absolute Gasteiger partial charge is 0.327 e. The van der Waals surface area contributed by atoms with Crippen LogP contribution >= 0.6 is 0 Å². The monoisotopic (exact) mass is 298 g/mol. The SMILES string of the molecule is CCOC(=O)C1(c2ccc3ccccc3n2)CCN(C)C1=O. The summed E-state index contributed by atoms with van der Waals surface area (Å²) in [6.07, 6.45) is 0.395. The van der Waals surface area contributed by atoms with Crippen LogP contribution in [0.25, 0.3) is 10.9 Å². The average molecular weight is 298 g/mol. The summed E-state index contributed by atoms with van der Waals surface area (Å²) in [7, 11) is 1.70. The van der Waals surface area contributed by atoms with Crippen molar-refractivity contribution in [3.05, 3.63) is 42.1 Å². The van der Waals surface area contributed by atoms with E-state index in [0.29, 0.717) is 18.7 Å². The number of benzene rings is 1. The number of amides is 1. The molecule has 0 bridgehead atoms. The first kappa shape index (κ1) is 14.5. The number of hydrogen-bond donors (Lipinski definition) is 0. The fourth-order valence-electron chi connectivity index (χ4n) is 2.96. The lowest BCUT2D eigenvalue weighted by Gasteiger charge is -2.24. The number of carbonyl (C=O) groups excluding carboxylic acids is 2. The summed E-state index contributed by atoms with van der Waals surface area (Å²) in [5.41, 5.74) is -0.0700. The van der Waals surface area contributed by atoms with Crippen molar-refractivity contribution in [3.63, 3.8) is 0 Å². The maximum absolute atomic E-state index is 12.7. The Labute approximate surface area is 128 Å². The lowest BCUT2D eigenvalue weighted by atomic mass is 9.82. The Morgan fingerprint density at radius 1 is 1.32 bits per heavy atom. The molecule has 1 atom stereocenters. The molecule has 0 radical (unpaired) electrons. The highest BCUT2D eigenvalue weighted by Gasteiger charge is 2.55. The normalized spacial score (nSPS) is 21.4. The van der Waals surface area contributed by atoms with Gasteiger partial charge in [0, 0.05) is 19.0 Å². The molecule has 1 saturated heterocycles. The molecule has 2 aromatic rings. The highest BCUT2D eigenvalue weighted by molar-refractivity contribution is 6.09. The number of ether oxygens (including phenoxy) is 1. The van der Waals surface area contributed by atoms with Crippen molar-refractivity contribution >= 4 is 22.8 Å². The van der Waals surface area contributed by atoms with Gasteiger partial charge in [0.2, 0.25) is 5.91 Å². The number of para-hydroxylation sites is 1. The third kappa shape index (κ3) is 2.04. The molecule has 5 nitrogen and oxygen atoms in total. The van der Waals surface area contributed by atoms with E-state index in [4.69, 9.17) is 4.74 Å². The van der Waals surface area contributed by atoms with Crippen LogP contribution in [-0.2, 0) is 19.7 Å². The fraction of sp³-hybridized carbons (Fsp3) is 0.353. The standard InChI is InChI=1S/C17H18N2O3/c1-3-22-16(21)17(10-11-19(2)15(17)20)14-9-8-12-6-4-5-7-13(12)18-14/h4-9H,3,10-11H2,1-2H3. The Morgan fingerprint density at radius 2 is 2.09 bits per heavy atom. The molecule has 1 fully saturated rings. The minimum absolute atomic E-state index is 0.241. The topological polar surface area (TPSA) is 59.5 Å². The minimum Gasteiger partial charge on any atom is -0.465 e. The molecular formula is C17H18N2O3. The maximum atomic E-state index is 12.7. The van der Waals surface area contributed by atoms with E-state index in [1.807, 2.05) is 30.3 Å². The predicted octanol–water partition coefficient (Wildman–Crippen LogP) is 1.90. The van der Waals surface area contributed by atoms with E-state index in [1.165, 1.54) is 0 Å². The summed E-state index contributed by atoms with van der Waals surface area (Å²) in [5, 5.41) is 0.976. The number of likely N-dealkylation sites (tertiary alicyclic amines) is 1. The number of aromatic nitrogens is 1. The van der Waals surface area contributed by atoms with Crippen molar-refractivity contribution in [2.45, 2.75) is 18.8 Å². The van der Waals surface area contributed by atoms with Gasteiger partial charge in [-0.15, -0.1) is 0 Å². The number of carbonyl (C=O) groups is 2. The number of esters is 1. The molecule has 1 aromatic carbocycles. The first-order chi connectivity index (χ1) is 10.6. The van der Waals surface area contributed by atoms with Crippen LogP contribution in [0.2, 0.25) is 0 Å². The van der Waals surface area contributed by atoms with Gasteiger partial charge in [-0.05, 0) is 25.5 Å². The molecule has 22 heavy (non-hydrogen) atoms. The Bertz CT molecular complexity index is 744. The quantitative estimate of drug-likeness (QED) is 0.641. The van der Waals surface area contributed by atoms with E-state index in [0.717, 1.165) is 10.9 Å². The molecule has 0 aliphatic carbocycles. The Morgan fingerprint density at radius 3 is 2.77 bits per heavy atom. The van der Waals surface area contributed by atoms with Gasteiger partial charge in [-0.2, -0.15) is 0 Å². The van der Waals surface area contributed by atoms with Gasteiger partial charge in [-0.1, -0.05) is 24.3 Å². The largest absolute Gasteiger partial charge is 0.465 e. The van der Waals surface area contributed by atoms with Gasteiger partial charge in [0.25, 0.3) is 0 Å². The van der Waals surface area contributed by atoms with Gasteiger partial charge >= 0.3 is 5.97 Å². The van der Waals surface area contributed by atoms with Crippen molar-refractivity contribution in [3.8, 4) is 0 Å². The zero-order chi connectivity index (χ0) is 15.7. The van der Waals surface area contributed by atoms with Crippen LogP contribution in [0, 0.1) is 0 Å². The van der Waals surface area contributed by atoms with Gasteiger partial charge in [-0.25, -0.2) is 0 Å². The average Bonchev–Trinajstić information content (AvgIpc) is 2.84. The van der Waals surface area contributed by atoms with E-state index in [1.54, 1.807) is 24.9 Å². The summed E-state index contributed by atoms with van der Waals surface area (Å²) in [6.45, 7) is 2.50. The second kappa shape index (κ2) is 5.40. The summed E-state index contributed by atoms with van der Waals surface area (Å²) < 4.78 is 5.19. The molecule has 1 amide bonds. The van der Waals surface area contributed by atoms with Crippen molar-refractivity contribution < 1.29 is 14.3 Å². The molecule has 114 valence electrons. The van der Waals surface area contributed by atoms with Crippen LogP contribution in [0.4, 0.5) is 0 Å². The second-order valence-corrected chi connectivity index (χ2v) is 5.49. The molecule has 1 aliphatic rings. The molecule has 1 aromatic heterocycles. The summed E-state index contributed by atoms with van der Waals surface area (Å²) in [6, 6.07) is 11.3. The molecule has 1 unspecified atom stereocenters. The van der Waals surface area contributed by atoms with Crippen molar-refractivity contribution in [1.82, 2.24) is 9.88 Å². The van der Waals surface area contributed by atoms with Crippen LogP contribution in [0.5, 0.6) is 0 Å². The highest BCUT2D eigenvalue weighted by Crippen LogP contribution is 2.36. The molecule has 0 saturated carbocycles. The van der Waals surface area contributed by atoms with Crippen molar-refractivity contribution in [1.29, 1.82) is 0 Å². The predicted molar refractivity (Wildman–Crippen MR) is 82.3 cm³/mol. The highest BCUT2D eigenvalue weighted by atomic mass is 16.5. The van der Waals surface area contributed by atoms with E-state index in [9.17, 15) is 9.59 Å². The van der Waals surface area contributed by atoms with Crippen LogP contribution < -0.4 is 0 Å². The number of rotatable bonds is 3.